The number of nitrogens with one attached hydrogen (secondary N) is 2. The van der Waals surface area contributed by atoms with Gasteiger partial charge in [-0.15, -0.1) is 11.8 Å². The molecule has 12 heteroatoms. The first-order valence-electron chi connectivity index (χ1n) is 13.6. The Morgan fingerprint density at radius 3 is 2.54 bits per heavy atom. The maximum atomic E-state index is 11.1. The second-order valence-electron chi connectivity index (χ2n) is 11.1. The van der Waals surface area contributed by atoms with Gasteiger partial charge in [-0.1, -0.05) is 20.8 Å². The minimum atomic E-state index is -0.965. The summed E-state index contributed by atoms with van der Waals surface area (Å²) < 4.78 is 6.37. The number of piperazine rings is 1. The topological polar surface area (TPSA) is 132 Å². The first-order chi connectivity index (χ1) is 19.6. The summed E-state index contributed by atoms with van der Waals surface area (Å²) in [4.78, 5) is 30.1. The fourth-order valence-electron chi connectivity index (χ4n) is 4.60. The van der Waals surface area contributed by atoms with Gasteiger partial charge in [0.15, 0.2) is 0 Å². The number of ether oxygens (including phenoxy) is 1. The molecular weight excluding hydrogens is 540 g/mol. The highest BCUT2D eigenvalue weighted by molar-refractivity contribution is 8.00. The molecule has 0 atom stereocenters. The molecular formula is C29H36N8O3S. The number of pyridine rings is 1. The second-order valence-corrected chi connectivity index (χ2v) is 12.9. The number of hydrogen-bond acceptors (Lipinski definition) is 10. The van der Waals surface area contributed by atoms with Crippen molar-refractivity contribution in [2.75, 3.05) is 49.5 Å². The van der Waals surface area contributed by atoms with E-state index in [-0.39, 0.29) is 10.3 Å². The van der Waals surface area contributed by atoms with E-state index in [0.29, 0.717) is 12.4 Å². The van der Waals surface area contributed by atoms with Crippen LogP contribution < -0.4 is 15.0 Å². The van der Waals surface area contributed by atoms with E-state index < -0.39 is 5.97 Å². The van der Waals surface area contributed by atoms with Crippen molar-refractivity contribution in [2.24, 2.45) is 0 Å². The fourth-order valence-corrected chi connectivity index (χ4v) is 5.65. The van der Waals surface area contributed by atoms with Crippen LogP contribution in [-0.2, 0) is 0 Å². The summed E-state index contributed by atoms with van der Waals surface area (Å²) in [7, 11) is 0. The first-order valence-corrected chi connectivity index (χ1v) is 14.4. The van der Waals surface area contributed by atoms with Crippen molar-refractivity contribution >= 4 is 46.1 Å². The molecule has 0 spiro atoms. The van der Waals surface area contributed by atoms with Gasteiger partial charge in [0.2, 0.25) is 0 Å². The van der Waals surface area contributed by atoms with Crippen molar-refractivity contribution in [1.29, 1.82) is 0 Å². The summed E-state index contributed by atoms with van der Waals surface area (Å²) in [5.74, 6) is 2.19. The largest absolute Gasteiger partial charge is 0.491 e. The highest BCUT2D eigenvalue weighted by Gasteiger charge is 2.21. The lowest BCUT2D eigenvalue weighted by Crippen LogP contribution is -2.47. The number of fused-ring (bicyclic) bond motifs is 1. The van der Waals surface area contributed by atoms with E-state index in [1.807, 2.05) is 19.9 Å². The number of hydrogen-bond donors (Lipinski definition) is 3. The third-order valence-corrected chi connectivity index (χ3v) is 8.12. The summed E-state index contributed by atoms with van der Waals surface area (Å²) in [6, 6.07) is 7.50. The number of anilines is 3. The van der Waals surface area contributed by atoms with Gasteiger partial charge in [0.1, 0.15) is 36.1 Å². The van der Waals surface area contributed by atoms with Crippen LogP contribution in [0.25, 0.3) is 10.9 Å². The number of benzene rings is 1. The minimum Gasteiger partial charge on any atom is -0.491 e. The Bertz CT molecular complexity index is 1530. The van der Waals surface area contributed by atoms with Crippen LogP contribution in [0.1, 0.15) is 42.4 Å². The Morgan fingerprint density at radius 1 is 1.12 bits per heavy atom. The summed E-state index contributed by atoms with van der Waals surface area (Å²) in [5, 5.41) is 20.7. The van der Waals surface area contributed by atoms with E-state index >= 15 is 0 Å². The van der Waals surface area contributed by atoms with E-state index in [1.54, 1.807) is 30.2 Å². The molecule has 1 aliphatic rings. The minimum absolute atomic E-state index is 0.0148. The van der Waals surface area contributed by atoms with Gasteiger partial charge in [0, 0.05) is 60.7 Å². The van der Waals surface area contributed by atoms with Gasteiger partial charge in [-0.05, 0) is 32.0 Å². The third-order valence-electron chi connectivity index (χ3n) is 6.97. The number of aromatic carboxylic acids is 1. The second kappa shape index (κ2) is 11.9. The number of carboxylic acid groups (broad SMARTS) is 1. The maximum absolute atomic E-state index is 11.1. The Morgan fingerprint density at radius 2 is 1.90 bits per heavy atom. The number of thioether (sulfide) groups is 1. The van der Waals surface area contributed by atoms with Gasteiger partial charge in [0.25, 0.3) is 0 Å². The lowest BCUT2D eigenvalue weighted by molar-refractivity contribution is 0.0696. The first kappa shape index (κ1) is 28.6. The van der Waals surface area contributed by atoms with Crippen LogP contribution in [0.3, 0.4) is 0 Å². The number of aromatic nitrogens is 5. The van der Waals surface area contributed by atoms with Crippen molar-refractivity contribution in [3.8, 4) is 5.75 Å². The zero-order chi connectivity index (χ0) is 29.1. The van der Waals surface area contributed by atoms with Crippen molar-refractivity contribution in [1.82, 2.24) is 30.0 Å². The van der Waals surface area contributed by atoms with Crippen LogP contribution in [0.5, 0.6) is 5.75 Å². The van der Waals surface area contributed by atoms with Crippen LogP contribution >= 0.6 is 11.8 Å². The van der Waals surface area contributed by atoms with Gasteiger partial charge in [-0.3, -0.25) is 10.00 Å². The zero-order valence-electron chi connectivity index (χ0n) is 24.1. The van der Waals surface area contributed by atoms with Gasteiger partial charge in [0.05, 0.1) is 21.7 Å². The van der Waals surface area contributed by atoms with Crippen LogP contribution in [-0.4, -0.2) is 85.2 Å². The normalized spacial score (nSPS) is 14.4. The fraction of sp³-hybridized carbons (Fsp3) is 0.414. The van der Waals surface area contributed by atoms with E-state index in [4.69, 9.17) is 9.84 Å². The SMILES string of the molecule is Cc1n[nH]c(Nc2ncnc3cc(OCCN4CCN(c5ccc(C(=O)O)cn5)CC4)c(SC(C)(C)C)cc23)c1C. The van der Waals surface area contributed by atoms with E-state index in [1.165, 1.54) is 6.20 Å². The third kappa shape index (κ3) is 6.88. The molecule has 0 bridgehead atoms. The summed E-state index contributed by atoms with van der Waals surface area (Å²) in [5.41, 5.74) is 3.00. The molecule has 3 aromatic heterocycles. The average Bonchev–Trinajstić information content (AvgIpc) is 3.25. The lowest BCUT2D eigenvalue weighted by Gasteiger charge is -2.35. The highest BCUT2D eigenvalue weighted by Crippen LogP contribution is 2.41. The molecule has 11 nitrogen and oxygen atoms in total. The Kier molecular flexibility index (Phi) is 8.32. The predicted molar refractivity (Wildman–Crippen MR) is 162 cm³/mol. The number of nitrogens with zero attached hydrogens (tertiary/aromatic N) is 6. The Labute approximate surface area is 243 Å². The molecule has 4 aromatic rings. The standard InChI is InChI=1S/C29H36N8O3S/c1-18-19(2)34-35-26(18)33-27-21-14-24(41-29(3,4)5)23(15-22(21)31-17-32-27)40-13-12-36-8-10-37(11-9-36)25-7-6-20(16-30-25)28(38)39/h6-7,14-17H,8-13H2,1-5H3,(H,38,39)(H2,31,32,33,34,35). The number of carbonyl (C=O) groups is 1. The van der Waals surface area contributed by atoms with Crippen molar-refractivity contribution < 1.29 is 14.6 Å². The smallest absolute Gasteiger partial charge is 0.337 e. The lowest BCUT2D eigenvalue weighted by atomic mass is 10.2. The van der Waals surface area contributed by atoms with Crippen molar-refractivity contribution in [3.05, 3.63) is 53.6 Å². The molecule has 5 rings (SSSR count). The molecule has 3 N–H and O–H groups in total. The van der Waals surface area contributed by atoms with E-state index in [0.717, 1.165) is 77.2 Å². The molecule has 41 heavy (non-hydrogen) atoms. The van der Waals surface area contributed by atoms with Crippen LogP contribution in [0.15, 0.2) is 41.7 Å². The van der Waals surface area contributed by atoms with E-state index in [9.17, 15) is 4.79 Å². The summed E-state index contributed by atoms with van der Waals surface area (Å²) >= 11 is 1.76. The van der Waals surface area contributed by atoms with Gasteiger partial charge in [-0.2, -0.15) is 5.10 Å². The molecule has 1 fully saturated rings. The number of aromatic amines is 1. The Balaban J connectivity index is 1.26. The quantitative estimate of drug-likeness (QED) is 0.235. The Hall–Kier alpha value is -3.90. The monoisotopic (exact) mass is 576 g/mol. The van der Waals surface area contributed by atoms with Gasteiger partial charge in [-0.25, -0.2) is 19.7 Å². The summed E-state index contributed by atoms with van der Waals surface area (Å²) in [6.07, 6.45) is 2.98. The molecule has 1 saturated heterocycles. The van der Waals surface area contributed by atoms with E-state index in [2.05, 4.69) is 67.1 Å². The van der Waals surface area contributed by atoms with Crippen molar-refractivity contribution in [2.45, 2.75) is 44.3 Å². The molecule has 0 unspecified atom stereocenters. The van der Waals surface area contributed by atoms with Crippen LogP contribution in [0, 0.1) is 13.8 Å². The zero-order valence-corrected chi connectivity index (χ0v) is 24.9. The molecule has 1 aliphatic heterocycles. The molecule has 0 aliphatic carbocycles. The average molecular weight is 577 g/mol. The van der Waals surface area contributed by atoms with Crippen LogP contribution in [0.2, 0.25) is 0 Å². The molecule has 4 heterocycles. The molecule has 216 valence electrons. The highest BCUT2D eigenvalue weighted by atomic mass is 32.2. The van der Waals surface area contributed by atoms with Crippen molar-refractivity contribution in [3.63, 3.8) is 0 Å². The van der Waals surface area contributed by atoms with Crippen LogP contribution in [0.4, 0.5) is 17.5 Å². The molecule has 0 saturated carbocycles. The number of rotatable bonds is 9. The van der Waals surface area contributed by atoms with Gasteiger partial charge < -0.3 is 20.1 Å². The molecule has 0 radical (unpaired) electrons. The maximum Gasteiger partial charge on any atom is 0.337 e. The predicted octanol–water partition coefficient (Wildman–Crippen LogP) is 4.90. The number of aryl methyl sites for hydroxylation is 1. The number of H-pyrrole nitrogens is 1. The number of carboxylic acids is 1. The van der Waals surface area contributed by atoms with Gasteiger partial charge >= 0.3 is 5.97 Å². The summed E-state index contributed by atoms with van der Waals surface area (Å²) in [6.45, 7) is 15.3. The molecule has 0 amide bonds. The molecule has 1 aromatic carbocycles.